The number of esters is 5. The van der Waals surface area contributed by atoms with E-state index in [1.807, 2.05) is 55.4 Å². The number of terminal acetylenes is 1. The quantitative estimate of drug-likeness (QED) is 0.00708. The van der Waals surface area contributed by atoms with Gasteiger partial charge in [-0.2, -0.15) is 0 Å². The van der Waals surface area contributed by atoms with Crippen molar-refractivity contribution in [1.82, 2.24) is 36.1 Å². The molecule has 0 aliphatic carbocycles. The average molecular weight is 2260 g/mol. The van der Waals surface area contributed by atoms with Crippen LogP contribution in [0.4, 0.5) is 0 Å². The van der Waals surface area contributed by atoms with Gasteiger partial charge in [0.05, 0.1) is 73.9 Å². The van der Waals surface area contributed by atoms with Crippen LogP contribution in [0, 0.1) is 47.0 Å². The molecule has 116 heavy (non-hydrogen) atoms. The molecule has 2 N–H and O–H groups in total. The number of oxime groups is 2. The SMILES string of the molecule is C#CC.CC.CC.CC.COCCC(CC(=O)OC)c1onc(-c2ccon2)c1C.COCCC(CC(=O)OC)c1onc(-c2ccon2)c1C.COCCC(CC(=O)OC)c1onc(/C(Cl)=N/O)c1C.COCCC(CC(=O)OC)c1onc(/C=N/O)c1C.COCCC(CC(=O)OC)c1onc(C=O)c1C.[Y].[Y].[Y].[Y].[Y].[Y].[Y].[Y]. The van der Waals surface area contributed by atoms with Crippen molar-refractivity contribution in [3.8, 4) is 35.1 Å². The molecule has 0 aliphatic rings. The summed E-state index contributed by atoms with van der Waals surface area (Å²) in [4.78, 5) is 68.0. The van der Waals surface area contributed by atoms with Gasteiger partial charge in [0.1, 0.15) is 75.5 Å². The zero-order valence-electron chi connectivity index (χ0n) is 70.8. The fourth-order valence-corrected chi connectivity index (χ4v) is 9.87. The largest absolute Gasteiger partial charge is 0.469 e. The summed E-state index contributed by atoms with van der Waals surface area (Å²) in [6.07, 6.45) is 13.3. The van der Waals surface area contributed by atoms with Gasteiger partial charge in [-0.1, -0.05) is 99.6 Å². The van der Waals surface area contributed by atoms with Gasteiger partial charge in [-0.05, 0) is 73.6 Å². The van der Waals surface area contributed by atoms with Crippen molar-refractivity contribution < 1.29 is 380 Å². The number of halogens is 1. The molecule has 7 aromatic heterocycles. The molecule has 0 amide bonds. The standard InChI is InChI=1S/2C14H18N2O5.C12H17ClN2O5.C12H18N2O5.C12H17NO5.C3H4.3C2H6.8Y/c2*1-9-13(11-5-7-20-15-11)16-21-14(9)10(4-6-18-2)8-12(17)19-3;1-7-10(12(13)14-17)15-20-11(7)8(4-5-18-2)6-9(16)19-3;1-8-10(7-13-16)14-19-12(8)9(4-5-17-2)6-11(15)18-3;1-8-10(7-14)13-18-12(8)9(4-5-16-2)6-11(15)17-3;1-3-2;3*1-2;;;;;;;;/h2*5,7,10H,4,6,8H2,1-3H3;8,17H,4-6H2,1-3H3;7,9,16H,4-6H2,1-3H3;7,9H,4-6H2,1-3H3;1H,2H3;3*1-2H3;;;;;;;;/b;;14-12-;13-7+;;;;;;;;;;;;;. The van der Waals surface area contributed by atoms with Crippen LogP contribution < -0.4 is 0 Å². The molecule has 0 aromatic carbocycles. The molecule has 0 aliphatic heterocycles. The van der Waals surface area contributed by atoms with Crippen LogP contribution >= 0.6 is 11.6 Å². The van der Waals surface area contributed by atoms with E-state index in [2.05, 4.69) is 73.0 Å². The normalized spacial score (nSPS) is 11.0. The Hall–Kier alpha value is -1.09. The molecule has 5 atom stereocenters. The molecule has 0 bridgehead atoms. The second-order valence-electron chi connectivity index (χ2n) is 21.8. The minimum Gasteiger partial charge on any atom is -0.469 e. The minimum absolute atomic E-state index is 0. The van der Waals surface area contributed by atoms with Crippen LogP contribution in [0.15, 0.2) is 66.6 Å². The predicted octanol–water partition coefficient (Wildman–Crippen LogP) is 13.3. The molecular weight excluding hydrogens is 2150 g/mol. The zero-order valence-corrected chi connectivity index (χ0v) is 94.3. The summed E-state index contributed by atoms with van der Waals surface area (Å²) in [6, 6.07) is 3.41. The van der Waals surface area contributed by atoms with E-state index in [4.69, 9.17) is 86.8 Å². The molecule has 43 heteroatoms. The number of ether oxygens (including phenoxy) is 10. The molecule has 7 aromatic rings. The van der Waals surface area contributed by atoms with Crippen molar-refractivity contribution in [1.29, 1.82) is 0 Å². The van der Waals surface area contributed by atoms with Gasteiger partial charge < -0.3 is 89.4 Å². The smallest absolute Gasteiger partial charge is 0.306 e. The summed E-state index contributed by atoms with van der Waals surface area (Å²) in [6.45, 7) is 25.1. The molecular formula is C73H110ClN9O25Y8. The fraction of sp³-hybridized carbons (Fsp3) is 0.575. The van der Waals surface area contributed by atoms with Gasteiger partial charge in [0, 0.05) is 400 Å². The monoisotopic (exact) mass is 2260 g/mol. The van der Waals surface area contributed by atoms with E-state index in [1.165, 1.54) is 54.3 Å². The first kappa shape index (κ1) is 135. The van der Waals surface area contributed by atoms with Crippen molar-refractivity contribution in [3.05, 3.63) is 98.4 Å². The number of hydrogen-bond acceptors (Lipinski definition) is 34. The Bertz CT molecular complexity index is 3600. The molecule has 0 fully saturated rings. The topological polar surface area (TPSA) is 442 Å². The Morgan fingerprint density at radius 1 is 0.431 bits per heavy atom. The molecule has 0 saturated carbocycles. The van der Waals surface area contributed by atoms with Gasteiger partial charge >= 0.3 is 29.8 Å². The Morgan fingerprint density at radius 2 is 0.681 bits per heavy atom. The molecule has 34 nitrogen and oxygen atoms in total. The number of hydrogen-bond donors (Lipinski definition) is 2. The van der Waals surface area contributed by atoms with E-state index in [1.54, 1.807) is 75.4 Å². The average Bonchev–Trinajstić information content (AvgIpc) is 1.68. The van der Waals surface area contributed by atoms with Crippen LogP contribution in [0.25, 0.3) is 22.8 Å². The Balaban J connectivity index is -0.000000145. The van der Waals surface area contributed by atoms with E-state index < -0.39 is 0 Å². The molecule has 7 heterocycles. The summed E-state index contributed by atoms with van der Waals surface area (Å²) in [5.74, 6) is 2.65. The van der Waals surface area contributed by atoms with Crippen molar-refractivity contribution in [2.24, 2.45) is 10.3 Å². The third-order valence-corrected chi connectivity index (χ3v) is 15.5. The third kappa shape index (κ3) is 50.8. The second-order valence-corrected chi connectivity index (χ2v) is 22.1. The van der Waals surface area contributed by atoms with Gasteiger partial charge in [0.2, 0.25) is 0 Å². The molecule has 0 spiro atoms. The van der Waals surface area contributed by atoms with Crippen molar-refractivity contribution in [3.63, 3.8) is 0 Å². The van der Waals surface area contributed by atoms with Crippen LogP contribution in [-0.4, -0.2) is 198 Å². The van der Waals surface area contributed by atoms with Gasteiger partial charge in [0.15, 0.2) is 17.2 Å². The van der Waals surface area contributed by atoms with E-state index in [9.17, 15) is 28.8 Å². The Labute approximate surface area is 886 Å². The minimum atomic E-state index is -0.356. The first-order chi connectivity index (χ1) is 52.1. The number of carbonyl (C=O) groups excluding carboxylic acids is 6. The molecule has 5 unspecified atom stereocenters. The van der Waals surface area contributed by atoms with Crippen molar-refractivity contribution in [2.45, 2.75) is 177 Å². The van der Waals surface area contributed by atoms with Gasteiger partial charge in [-0.25, -0.2) is 0 Å². The van der Waals surface area contributed by atoms with E-state index in [0.29, 0.717) is 140 Å². The second kappa shape index (κ2) is 84.7. The van der Waals surface area contributed by atoms with Crippen molar-refractivity contribution >= 4 is 59.1 Å². The molecule has 7 rings (SSSR count). The fourth-order valence-electron chi connectivity index (χ4n) is 9.70. The van der Waals surface area contributed by atoms with Crippen LogP contribution in [0.3, 0.4) is 0 Å². The number of methoxy groups -OCH3 is 10. The first-order valence-corrected chi connectivity index (χ1v) is 34.7. The van der Waals surface area contributed by atoms with E-state index in [-0.39, 0.29) is 370 Å². The summed E-state index contributed by atoms with van der Waals surface area (Å²) >= 11 is 5.71. The number of rotatable bonds is 35. The maximum atomic E-state index is 11.6. The number of nitrogens with zero attached hydrogens (tertiary/aromatic N) is 9. The zero-order chi connectivity index (χ0) is 82.1. The van der Waals surface area contributed by atoms with E-state index >= 15 is 0 Å². The van der Waals surface area contributed by atoms with E-state index in [0.717, 1.165) is 16.7 Å². The van der Waals surface area contributed by atoms with Crippen LogP contribution in [0.1, 0.15) is 221 Å². The van der Waals surface area contributed by atoms with Crippen LogP contribution in [0.5, 0.6) is 0 Å². The maximum absolute atomic E-state index is 11.6. The predicted molar refractivity (Wildman–Crippen MR) is 394 cm³/mol. The Morgan fingerprint density at radius 3 is 0.914 bits per heavy atom. The Kier molecular flexibility index (Phi) is 99.0. The van der Waals surface area contributed by atoms with Gasteiger partial charge in [-0.3, -0.25) is 28.8 Å². The summed E-state index contributed by atoms with van der Waals surface area (Å²) < 4.78 is 84.8. The number of aldehydes is 1. The van der Waals surface area contributed by atoms with Gasteiger partial charge in [-0.15, -0.1) is 12.3 Å². The third-order valence-electron chi connectivity index (χ3n) is 15.2. The number of aromatic nitrogens is 7. The van der Waals surface area contributed by atoms with Crippen LogP contribution in [0.2, 0.25) is 0 Å². The van der Waals surface area contributed by atoms with Gasteiger partial charge in [0.25, 0.3) is 0 Å². The molecule has 0 saturated heterocycles. The first-order valence-electron chi connectivity index (χ1n) is 34.4. The summed E-state index contributed by atoms with van der Waals surface area (Å²) in [7, 11) is 14.7. The van der Waals surface area contributed by atoms with Crippen molar-refractivity contribution in [2.75, 3.05) is 104 Å². The number of carbonyl (C=O) groups is 6. The van der Waals surface area contributed by atoms with Crippen LogP contribution in [-0.2, 0) is 333 Å². The maximum Gasteiger partial charge on any atom is 0.306 e. The summed E-state index contributed by atoms with van der Waals surface area (Å²) in [5.41, 5.74) is 7.09. The molecule has 628 valence electrons. The summed E-state index contributed by atoms with van der Waals surface area (Å²) in [5, 5.41) is 49.8. The molecule has 8 radical (unpaired) electrons.